The molecule has 1 unspecified atom stereocenters. The van der Waals surface area contributed by atoms with Crippen LogP contribution in [0.25, 0.3) is 10.9 Å². The van der Waals surface area contributed by atoms with Gasteiger partial charge in [0.15, 0.2) is 5.43 Å². The summed E-state index contributed by atoms with van der Waals surface area (Å²) in [6.45, 7) is 4.56. The van der Waals surface area contributed by atoms with Gasteiger partial charge in [-0.2, -0.15) is 0 Å². The van der Waals surface area contributed by atoms with Crippen molar-refractivity contribution in [2.75, 3.05) is 19.7 Å². The van der Waals surface area contributed by atoms with Crippen LogP contribution in [-0.2, 0) is 11.4 Å². The minimum absolute atomic E-state index is 0.0213. The van der Waals surface area contributed by atoms with Gasteiger partial charge >= 0.3 is 6.09 Å². The number of halogens is 1. The van der Waals surface area contributed by atoms with Crippen molar-refractivity contribution < 1.29 is 9.53 Å². The number of fused-ring (bicyclic) bond motifs is 1. The number of amides is 1. The molecule has 1 fully saturated rings. The molecule has 0 saturated carbocycles. The van der Waals surface area contributed by atoms with Crippen LogP contribution < -0.4 is 10.7 Å². The van der Waals surface area contributed by atoms with E-state index in [9.17, 15) is 9.59 Å². The minimum atomic E-state index is -0.356. The van der Waals surface area contributed by atoms with E-state index >= 15 is 0 Å². The number of alkyl carbamates (subject to hydrolysis) is 1. The zero-order chi connectivity index (χ0) is 17.8. The molecule has 1 aromatic heterocycles. The molecule has 134 valence electrons. The molecule has 0 aliphatic carbocycles. The fourth-order valence-corrected chi connectivity index (χ4v) is 3.90. The normalized spacial score (nSPS) is 18.2. The van der Waals surface area contributed by atoms with Gasteiger partial charge in [0.2, 0.25) is 0 Å². The highest BCUT2D eigenvalue weighted by Crippen LogP contribution is 2.22. The molecule has 1 aromatic carbocycles. The molecule has 6 nitrogen and oxygen atoms in total. The Bertz CT molecular complexity index is 821. The third-order valence-corrected chi connectivity index (χ3v) is 5.04. The van der Waals surface area contributed by atoms with Crippen LogP contribution >= 0.6 is 15.9 Å². The number of hydrogen-bond donors (Lipinski definition) is 1. The van der Waals surface area contributed by atoms with Crippen molar-refractivity contribution in [2.45, 2.75) is 32.5 Å². The first-order valence-electron chi connectivity index (χ1n) is 8.52. The van der Waals surface area contributed by atoms with E-state index in [0.717, 1.165) is 35.9 Å². The lowest BCUT2D eigenvalue weighted by atomic mass is 10.1. The van der Waals surface area contributed by atoms with E-state index in [-0.39, 0.29) is 17.6 Å². The van der Waals surface area contributed by atoms with E-state index in [0.29, 0.717) is 18.7 Å². The van der Waals surface area contributed by atoms with E-state index in [1.165, 1.54) is 0 Å². The maximum atomic E-state index is 12.1. The molecule has 3 rings (SSSR count). The number of benzene rings is 1. The van der Waals surface area contributed by atoms with Gasteiger partial charge in [0, 0.05) is 34.7 Å². The highest BCUT2D eigenvalue weighted by molar-refractivity contribution is 9.10. The van der Waals surface area contributed by atoms with Crippen LogP contribution in [0.3, 0.4) is 0 Å². The molecule has 0 radical (unpaired) electrons. The molecule has 7 heteroatoms. The lowest BCUT2D eigenvalue weighted by molar-refractivity contribution is 0.124. The highest BCUT2D eigenvalue weighted by atomic mass is 79.9. The Labute approximate surface area is 154 Å². The number of carbonyl (C=O) groups is 1. The first-order chi connectivity index (χ1) is 12.1. The number of rotatable bonds is 4. The lowest BCUT2D eigenvalue weighted by Gasteiger charge is -2.33. The molecule has 1 atom stereocenters. The summed E-state index contributed by atoms with van der Waals surface area (Å²) in [5.41, 5.74) is 0.920. The molecule has 25 heavy (non-hydrogen) atoms. The molecule has 0 spiro atoms. The molecule has 0 bridgehead atoms. The Hall–Kier alpha value is -1.86. The van der Waals surface area contributed by atoms with Gasteiger partial charge < -0.3 is 14.6 Å². The standard InChI is InChI=1S/C18H22BrN3O3/c1-2-25-18(24)20-13-5-4-9-21(11-13)12-22-10-8-16(23)14-6-3-7-15(19)17(14)22/h3,6-8,10,13H,2,4-5,9,11-12H2,1H3,(H,20,24). The van der Waals surface area contributed by atoms with Crippen LogP contribution in [0.1, 0.15) is 19.8 Å². The smallest absolute Gasteiger partial charge is 0.407 e. The second kappa shape index (κ2) is 8.01. The number of carbonyl (C=O) groups excluding carboxylic acids is 1. The Kier molecular flexibility index (Phi) is 5.75. The van der Waals surface area contributed by atoms with Crippen LogP contribution in [-0.4, -0.2) is 41.3 Å². The Morgan fingerprint density at radius 2 is 2.24 bits per heavy atom. The second-order valence-corrected chi connectivity index (χ2v) is 7.06. The molecule has 1 saturated heterocycles. The summed E-state index contributed by atoms with van der Waals surface area (Å²) in [5, 5.41) is 3.63. The summed E-state index contributed by atoms with van der Waals surface area (Å²) in [5.74, 6) is 0. The largest absolute Gasteiger partial charge is 0.450 e. The van der Waals surface area contributed by atoms with Gasteiger partial charge in [-0.05, 0) is 54.4 Å². The number of hydrogen-bond acceptors (Lipinski definition) is 4. The maximum absolute atomic E-state index is 12.1. The topological polar surface area (TPSA) is 63.6 Å². The fourth-order valence-electron chi connectivity index (χ4n) is 3.30. The fraction of sp³-hybridized carbons (Fsp3) is 0.444. The van der Waals surface area contributed by atoms with Gasteiger partial charge in [-0.15, -0.1) is 0 Å². The van der Waals surface area contributed by atoms with E-state index in [1.807, 2.05) is 24.4 Å². The number of pyridine rings is 1. The molecule has 1 amide bonds. The van der Waals surface area contributed by atoms with Crippen molar-refractivity contribution >= 4 is 32.9 Å². The number of nitrogens with zero attached hydrogens (tertiary/aromatic N) is 2. The number of nitrogens with one attached hydrogen (secondary N) is 1. The summed E-state index contributed by atoms with van der Waals surface area (Å²) < 4.78 is 7.95. The van der Waals surface area contributed by atoms with Crippen molar-refractivity contribution in [1.29, 1.82) is 0 Å². The Morgan fingerprint density at radius 1 is 1.40 bits per heavy atom. The van der Waals surface area contributed by atoms with Crippen molar-refractivity contribution in [2.24, 2.45) is 0 Å². The summed E-state index contributed by atoms with van der Waals surface area (Å²) >= 11 is 3.56. The zero-order valence-corrected chi connectivity index (χ0v) is 15.8. The third kappa shape index (κ3) is 4.22. The summed E-state index contributed by atoms with van der Waals surface area (Å²) in [6, 6.07) is 7.35. The van der Waals surface area contributed by atoms with Crippen LogP contribution in [0.15, 0.2) is 39.7 Å². The molecule has 1 N–H and O–H groups in total. The van der Waals surface area contributed by atoms with Crippen molar-refractivity contribution in [3.63, 3.8) is 0 Å². The first kappa shape index (κ1) is 17.9. The van der Waals surface area contributed by atoms with Gasteiger partial charge in [-0.25, -0.2) is 4.79 Å². The first-order valence-corrected chi connectivity index (χ1v) is 9.31. The summed E-state index contributed by atoms with van der Waals surface area (Å²) in [4.78, 5) is 26.0. The number of ether oxygens (including phenoxy) is 1. The highest BCUT2D eigenvalue weighted by Gasteiger charge is 2.22. The molecule has 2 heterocycles. The minimum Gasteiger partial charge on any atom is -0.450 e. The van der Waals surface area contributed by atoms with Crippen LogP contribution in [0.2, 0.25) is 0 Å². The average molecular weight is 408 g/mol. The Morgan fingerprint density at radius 3 is 3.04 bits per heavy atom. The molecular formula is C18H22BrN3O3. The summed E-state index contributed by atoms with van der Waals surface area (Å²) in [6.07, 6.45) is 3.43. The van der Waals surface area contributed by atoms with Crippen molar-refractivity contribution in [1.82, 2.24) is 14.8 Å². The quantitative estimate of drug-likeness (QED) is 0.845. The van der Waals surface area contributed by atoms with Gasteiger partial charge in [-0.1, -0.05) is 6.07 Å². The van der Waals surface area contributed by atoms with Gasteiger partial charge in [-0.3, -0.25) is 9.69 Å². The third-order valence-electron chi connectivity index (χ3n) is 4.40. The molecule has 2 aromatic rings. The number of likely N-dealkylation sites (tertiary alicyclic amines) is 1. The van der Waals surface area contributed by atoms with Gasteiger partial charge in [0.05, 0.1) is 18.8 Å². The summed E-state index contributed by atoms with van der Waals surface area (Å²) in [7, 11) is 0. The SMILES string of the molecule is CCOC(=O)NC1CCCN(Cn2ccc(=O)c3cccc(Br)c32)C1. The number of aromatic nitrogens is 1. The molecule has 1 aliphatic rings. The Balaban J connectivity index is 1.76. The van der Waals surface area contributed by atoms with E-state index < -0.39 is 0 Å². The number of piperidine rings is 1. The second-order valence-electron chi connectivity index (χ2n) is 6.21. The number of para-hydroxylation sites is 1. The van der Waals surface area contributed by atoms with E-state index in [4.69, 9.17) is 4.74 Å². The molecule has 1 aliphatic heterocycles. The van der Waals surface area contributed by atoms with Crippen LogP contribution in [0.4, 0.5) is 4.79 Å². The van der Waals surface area contributed by atoms with Gasteiger partial charge in [0.1, 0.15) is 0 Å². The van der Waals surface area contributed by atoms with E-state index in [1.54, 1.807) is 13.0 Å². The van der Waals surface area contributed by atoms with Crippen LogP contribution in [0, 0.1) is 0 Å². The average Bonchev–Trinajstić information content (AvgIpc) is 2.58. The zero-order valence-electron chi connectivity index (χ0n) is 14.2. The van der Waals surface area contributed by atoms with Gasteiger partial charge in [0.25, 0.3) is 0 Å². The molecular weight excluding hydrogens is 386 g/mol. The van der Waals surface area contributed by atoms with Crippen LogP contribution in [0.5, 0.6) is 0 Å². The monoisotopic (exact) mass is 407 g/mol. The lowest BCUT2D eigenvalue weighted by Crippen LogP contribution is -2.48. The predicted octanol–water partition coefficient (Wildman–Crippen LogP) is 2.93. The van der Waals surface area contributed by atoms with E-state index in [2.05, 4.69) is 30.7 Å². The van der Waals surface area contributed by atoms with Crippen molar-refractivity contribution in [3.05, 3.63) is 45.2 Å². The maximum Gasteiger partial charge on any atom is 0.407 e. The predicted molar refractivity (Wildman–Crippen MR) is 101 cm³/mol. The van der Waals surface area contributed by atoms with Crippen molar-refractivity contribution in [3.8, 4) is 0 Å².